The number of benzene rings is 2. The van der Waals surface area contributed by atoms with Gasteiger partial charge in [0.15, 0.2) is 11.3 Å². The molecule has 3 rings (SSSR count). The van der Waals surface area contributed by atoms with Crippen LogP contribution in [0.4, 0.5) is 4.79 Å². The van der Waals surface area contributed by atoms with Crippen molar-refractivity contribution in [1.82, 2.24) is 4.57 Å². The van der Waals surface area contributed by atoms with Crippen molar-refractivity contribution in [3.8, 4) is 11.4 Å². The van der Waals surface area contributed by atoms with Crippen LogP contribution in [0.3, 0.4) is 0 Å². The smallest absolute Gasteiger partial charge is 0.437 e. The predicted molar refractivity (Wildman–Crippen MR) is 91.3 cm³/mol. The first-order valence-corrected chi connectivity index (χ1v) is 7.55. The minimum atomic E-state index is -1.03. The zero-order chi connectivity index (χ0) is 18.8. The highest BCUT2D eigenvalue weighted by Crippen LogP contribution is 2.23. The van der Waals surface area contributed by atoms with Crippen LogP contribution in [0.5, 0.6) is 5.75 Å². The largest absolute Gasteiger partial charge is 0.513 e. The molecule has 0 saturated heterocycles. The van der Waals surface area contributed by atoms with E-state index in [0.29, 0.717) is 0 Å². The molecule has 2 aromatic carbocycles. The van der Waals surface area contributed by atoms with Gasteiger partial charge in [-0.05, 0) is 41.9 Å². The van der Waals surface area contributed by atoms with Crippen molar-refractivity contribution in [1.29, 1.82) is 0 Å². The van der Waals surface area contributed by atoms with E-state index in [1.807, 2.05) is 0 Å². The third-order valence-corrected chi connectivity index (χ3v) is 3.69. The summed E-state index contributed by atoms with van der Waals surface area (Å²) in [5.41, 5.74) is -0.700. The van der Waals surface area contributed by atoms with Gasteiger partial charge >= 0.3 is 11.9 Å². The van der Waals surface area contributed by atoms with Gasteiger partial charge in [-0.3, -0.25) is 9.59 Å². The Bertz CT molecular complexity index is 1150. The van der Waals surface area contributed by atoms with Gasteiger partial charge in [0.2, 0.25) is 0 Å². The highest BCUT2D eigenvalue weighted by atomic mass is 35.5. The van der Waals surface area contributed by atoms with Gasteiger partial charge < -0.3 is 13.9 Å². The maximum atomic E-state index is 12.8. The van der Waals surface area contributed by atoms with Gasteiger partial charge in [-0.15, -0.1) is 0 Å². The van der Waals surface area contributed by atoms with E-state index in [1.54, 1.807) is 0 Å². The van der Waals surface area contributed by atoms with E-state index in [9.17, 15) is 19.2 Å². The topological polar surface area (TPSA) is 105 Å². The molecule has 0 fully saturated rings. The molecule has 1 aromatic heterocycles. The van der Waals surface area contributed by atoms with Gasteiger partial charge in [0.05, 0.1) is 18.2 Å². The summed E-state index contributed by atoms with van der Waals surface area (Å²) in [6.45, 7) is 0. The van der Waals surface area contributed by atoms with Gasteiger partial charge in [0, 0.05) is 5.56 Å². The van der Waals surface area contributed by atoms with Crippen molar-refractivity contribution in [3.05, 3.63) is 68.9 Å². The standard InChI is InChI=1S/C17H10ClNO7/c1-24-17(23)25-12-7-3-6-11-13(12)26-16(22)19(15(11)21)10-5-2-4-9(8-10)14(18)20/h2-8H,1H3. The Hall–Kier alpha value is -3.39. The molecule has 0 aliphatic carbocycles. The zero-order valence-electron chi connectivity index (χ0n) is 13.2. The molecule has 0 aliphatic heterocycles. The average Bonchev–Trinajstić information content (AvgIpc) is 2.62. The number of fused-ring (bicyclic) bond motifs is 1. The van der Waals surface area contributed by atoms with Crippen LogP contribution in [0, 0.1) is 0 Å². The molecule has 0 amide bonds. The summed E-state index contributed by atoms with van der Waals surface area (Å²) in [6, 6.07) is 9.84. The van der Waals surface area contributed by atoms with Crippen LogP contribution in [-0.4, -0.2) is 23.1 Å². The van der Waals surface area contributed by atoms with Crippen LogP contribution in [-0.2, 0) is 4.74 Å². The van der Waals surface area contributed by atoms with E-state index in [2.05, 4.69) is 4.74 Å². The first-order valence-electron chi connectivity index (χ1n) is 7.17. The monoisotopic (exact) mass is 375 g/mol. The molecule has 0 unspecified atom stereocenters. The number of hydrogen-bond acceptors (Lipinski definition) is 7. The quantitative estimate of drug-likeness (QED) is 0.393. The number of hydrogen-bond donors (Lipinski definition) is 0. The molecular formula is C17H10ClNO7. The molecular weight excluding hydrogens is 366 g/mol. The second-order valence-electron chi connectivity index (χ2n) is 5.02. The summed E-state index contributed by atoms with van der Waals surface area (Å²) in [4.78, 5) is 47.7. The Kier molecular flexibility index (Phi) is 4.59. The van der Waals surface area contributed by atoms with Crippen molar-refractivity contribution in [2.45, 2.75) is 0 Å². The average molecular weight is 376 g/mol. The molecule has 0 N–H and O–H groups in total. The Morgan fingerprint density at radius 3 is 2.54 bits per heavy atom. The van der Waals surface area contributed by atoms with E-state index in [1.165, 1.54) is 42.5 Å². The first kappa shape index (κ1) is 17.4. The fraction of sp³-hybridized carbons (Fsp3) is 0.0588. The summed E-state index contributed by atoms with van der Waals surface area (Å²) < 4.78 is 15.2. The number of nitrogens with zero attached hydrogens (tertiary/aromatic N) is 1. The summed E-state index contributed by atoms with van der Waals surface area (Å²) in [5, 5.41) is -0.743. The number of carbonyl (C=O) groups is 2. The summed E-state index contributed by atoms with van der Waals surface area (Å²) in [7, 11) is 1.11. The highest BCUT2D eigenvalue weighted by molar-refractivity contribution is 6.67. The molecule has 0 atom stereocenters. The van der Waals surface area contributed by atoms with E-state index >= 15 is 0 Å². The van der Waals surface area contributed by atoms with Gasteiger partial charge in [-0.1, -0.05) is 12.1 Å². The van der Waals surface area contributed by atoms with Crippen LogP contribution in [0.15, 0.2) is 56.5 Å². The summed E-state index contributed by atoms with van der Waals surface area (Å²) in [5.74, 6) is -1.16. The Labute approximate surface area is 150 Å². The van der Waals surface area contributed by atoms with Crippen molar-refractivity contribution in [2.75, 3.05) is 7.11 Å². The molecule has 0 bridgehead atoms. The number of ether oxygens (including phenoxy) is 2. The van der Waals surface area contributed by atoms with Gasteiger partial charge in [0.1, 0.15) is 0 Å². The van der Waals surface area contributed by atoms with Gasteiger partial charge in [0.25, 0.3) is 10.8 Å². The highest BCUT2D eigenvalue weighted by Gasteiger charge is 2.17. The van der Waals surface area contributed by atoms with Crippen LogP contribution in [0.2, 0.25) is 0 Å². The molecule has 0 saturated carbocycles. The van der Waals surface area contributed by atoms with Crippen LogP contribution >= 0.6 is 11.6 Å². The second kappa shape index (κ2) is 6.85. The predicted octanol–water partition coefficient (Wildman–Crippen LogP) is 2.47. The zero-order valence-corrected chi connectivity index (χ0v) is 14.0. The van der Waals surface area contributed by atoms with E-state index in [-0.39, 0.29) is 28.0 Å². The maximum absolute atomic E-state index is 12.8. The SMILES string of the molecule is COC(=O)Oc1cccc2c(=O)n(-c3cccc(C(=O)Cl)c3)c(=O)oc12. The van der Waals surface area contributed by atoms with E-state index in [0.717, 1.165) is 11.7 Å². The Morgan fingerprint density at radius 1 is 1.12 bits per heavy atom. The third kappa shape index (κ3) is 3.09. The number of aromatic nitrogens is 1. The molecule has 0 spiro atoms. The fourth-order valence-electron chi connectivity index (χ4n) is 2.33. The minimum absolute atomic E-state index is 0.00592. The minimum Gasteiger partial charge on any atom is -0.437 e. The van der Waals surface area contributed by atoms with E-state index < -0.39 is 22.7 Å². The lowest BCUT2D eigenvalue weighted by Gasteiger charge is -2.08. The lowest BCUT2D eigenvalue weighted by atomic mass is 10.2. The first-order chi connectivity index (χ1) is 12.4. The van der Waals surface area contributed by atoms with Gasteiger partial charge in [-0.2, -0.15) is 0 Å². The Balaban J connectivity index is 2.26. The third-order valence-electron chi connectivity index (χ3n) is 3.48. The molecule has 26 heavy (non-hydrogen) atoms. The number of methoxy groups -OCH3 is 1. The number of carbonyl (C=O) groups excluding carboxylic acids is 2. The molecule has 0 aliphatic rings. The number of rotatable bonds is 3. The molecule has 1 heterocycles. The number of halogens is 1. The van der Waals surface area contributed by atoms with Gasteiger partial charge in [-0.25, -0.2) is 14.2 Å². The fourth-order valence-corrected chi connectivity index (χ4v) is 2.45. The lowest BCUT2D eigenvalue weighted by molar-refractivity contribution is 0.108. The van der Waals surface area contributed by atoms with Crippen molar-refractivity contribution in [2.24, 2.45) is 0 Å². The molecule has 132 valence electrons. The van der Waals surface area contributed by atoms with Crippen molar-refractivity contribution < 1.29 is 23.5 Å². The second-order valence-corrected chi connectivity index (χ2v) is 5.36. The normalized spacial score (nSPS) is 10.5. The lowest BCUT2D eigenvalue weighted by Crippen LogP contribution is -2.31. The summed E-state index contributed by atoms with van der Waals surface area (Å²) in [6.07, 6.45) is -1.03. The summed E-state index contributed by atoms with van der Waals surface area (Å²) >= 11 is 5.43. The van der Waals surface area contributed by atoms with Crippen LogP contribution < -0.4 is 16.1 Å². The Morgan fingerprint density at radius 2 is 1.85 bits per heavy atom. The maximum Gasteiger partial charge on any atom is 0.513 e. The molecule has 9 heteroatoms. The van der Waals surface area contributed by atoms with Crippen molar-refractivity contribution in [3.63, 3.8) is 0 Å². The molecule has 8 nitrogen and oxygen atoms in total. The van der Waals surface area contributed by atoms with Crippen molar-refractivity contribution >= 4 is 34.0 Å². The number of para-hydroxylation sites is 1. The molecule has 3 aromatic rings. The van der Waals surface area contributed by atoms with Crippen LogP contribution in [0.25, 0.3) is 16.7 Å². The molecule has 0 radical (unpaired) electrons. The van der Waals surface area contributed by atoms with Crippen LogP contribution in [0.1, 0.15) is 10.4 Å². The van der Waals surface area contributed by atoms with E-state index in [4.69, 9.17) is 20.8 Å².